The maximum absolute atomic E-state index is 14.7. The molecule has 5 aromatic carbocycles. The Labute approximate surface area is 218 Å². The van der Waals surface area contributed by atoms with E-state index in [1.165, 1.54) is 12.1 Å². The summed E-state index contributed by atoms with van der Waals surface area (Å²) < 4.78 is 16.5. The summed E-state index contributed by atoms with van der Waals surface area (Å²) in [5, 5.41) is 3.06. The van der Waals surface area contributed by atoms with Crippen molar-refractivity contribution < 1.29 is 4.39 Å². The first kappa shape index (κ1) is 22.2. The molecule has 2 aromatic heterocycles. The number of benzene rings is 5. The molecule has 38 heavy (non-hydrogen) atoms. The number of aromatic nitrogens is 1. The Balaban J connectivity index is 1.86. The van der Waals surface area contributed by atoms with Crippen molar-refractivity contribution in [3.05, 3.63) is 150 Å². The maximum Gasteiger partial charge on any atom is 0.263 e. The summed E-state index contributed by atoms with van der Waals surface area (Å²) in [5.41, 5.74) is 6.14. The van der Waals surface area contributed by atoms with Crippen LogP contribution in [-0.4, -0.2) is 4.40 Å². The highest BCUT2D eigenvalue weighted by atomic mass is 19.1. The fraction of sp³-hybridized carbons (Fsp3) is 0. The molecule has 0 unspecified atom stereocenters. The predicted octanol–water partition coefficient (Wildman–Crippen LogP) is 8.75. The van der Waals surface area contributed by atoms with Gasteiger partial charge in [0.25, 0.3) is 5.56 Å². The predicted molar refractivity (Wildman–Crippen MR) is 155 cm³/mol. The fourth-order valence-electron chi connectivity index (χ4n) is 5.65. The van der Waals surface area contributed by atoms with Gasteiger partial charge >= 0.3 is 0 Å². The van der Waals surface area contributed by atoms with Gasteiger partial charge in [0.15, 0.2) is 0 Å². The van der Waals surface area contributed by atoms with Crippen LogP contribution >= 0.6 is 0 Å². The molecule has 0 N–H and O–H groups in total. The van der Waals surface area contributed by atoms with Gasteiger partial charge in [-0.2, -0.15) is 0 Å². The highest BCUT2D eigenvalue weighted by Crippen LogP contribution is 2.43. The first-order valence-corrected chi connectivity index (χ1v) is 12.6. The van der Waals surface area contributed by atoms with E-state index in [1.807, 2.05) is 95.4 Å². The molecule has 0 bridgehead atoms. The van der Waals surface area contributed by atoms with Gasteiger partial charge in [-0.3, -0.25) is 9.20 Å². The summed E-state index contributed by atoms with van der Waals surface area (Å²) >= 11 is 0. The number of fused-ring (bicyclic) bond motifs is 4. The molecular weight excluding hydrogens is 469 g/mol. The van der Waals surface area contributed by atoms with Crippen molar-refractivity contribution in [2.24, 2.45) is 0 Å². The smallest absolute Gasteiger partial charge is 0.263 e. The Bertz CT molecular complexity index is 2030. The molecular formula is C35H22FNO. The topological polar surface area (TPSA) is 21.5 Å². The van der Waals surface area contributed by atoms with Crippen LogP contribution in [0.25, 0.3) is 60.6 Å². The molecule has 7 rings (SSSR count). The number of rotatable bonds is 3. The molecule has 3 heteroatoms. The average Bonchev–Trinajstić information content (AvgIpc) is 2.98. The first-order valence-electron chi connectivity index (χ1n) is 12.6. The standard InChI is InChI=1S/C35H22FNO/c36-26-20-21-29-30(22-26)32(24-14-6-2-7-15-24)34-28-19-11-10-18-27(28)31(23-12-4-1-5-13-23)33(37(34)35(29)38)25-16-8-3-9-17-25/h1-22H. The lowest BCUT2D eigenvalue weighted by atomic mass is 9.89. The minimum absolute atomic E-state index is 0.170. The van der Waals surface area contributed by atoms with Gasteiger partial charge in [-0.1, -0.05) is 115 Å². The minimum Gasteiger partial charge on any atom is -0.274 e. The molecule has 0 amide bonds. The van der Waals surface area contributed by atoms with Crippen LogP contribution < -0.4 is 5.56 Å². The van der Waals surface area contributed by atoms with E-state index in [0.29, 0.717) is 10.8 Å². The number of nitrogens with zero attached hydrogens (tertiary/aromatic N) is 1. The van der Waals surface area contributed by atoms with Crippen LogP contribution in [0.5, 0.6) is 0 Å². The van der Waals surface area contributed by atoms with Crippen LogP contribution in [0.4, 0.5) is 4.39 Å². The third kappa shape index (κ3) is 3.36. The summed E-state index contributed by atoms with van der Waals surface area (Å²) in [6.45, 7) is 0. The SMILES string of the molecule is O=c1c2ccc(F)cc2c(-c2ccccc2)c2c3ccccc3c(-c3ccccc3)c(-c3ccccc3)n12. The van der Waals surface area contributed by atoms with Gasteiger partial charge in [0.2, 0.25) is 0 Å². The van der Waals surface area contributed by atoms with Gasteiger partial charge in [0.05, 0.1) is 11.2 Å². The van der Waals surface area contributed by atoms with Gasteiger partial charge in [0, 0.05) is 27.3 Å². The third-order valence-corrected chi connectivity index (χ3v) is 7.23. The van der Waals surface area contributed by atoms with E-state index in [4.69, 9.17) is 0 Å². The second-order valence-corrected chi connectivity index (χ2v) is 9.42. The van der Waals surface area contributed by atoms with Crippen molar-refractivity contribution in [1.29, 1.82) is 0 Å². The monoisotopic (exact) mass is 491 g/mol. The Kier molecular flexibility index (Phi) is 5.15. The van der Waals surface area contributed by atoms with Crippen molar-refractivity contribution in [2.45, 2.75) is 0 Å². The lowest BCUT2D eigenvalue weighted by Gasteiger charge is -2.22. The molecule has 0 spiro atoms. The zero-order chi connectivity index (χ0) is 25.6. The largest absolute Gasteiger partial charge is 0.274 e. The minimum atomic E-state index is -0.369. The molecule has 0 aliphatic carbocycles. The highest BCUT2D eigenvalue weighted by molar-refractivity contribution is 6.17. The quantitative estimate of drug-likeness (QED) is 0.179. The van der Waals surface area contributed by atoms with Gasteiger partial charge in [-0.05, 0) is 40.3 Å². The van der Waals surface area contributed by atoms with Gasteiger partial charge in [-0.25, -0.2) is 4.39 Å². The summed E-state index contributed by atoms with van der Waals surface area (Å²) in [6, 6.07) is 42.8. The van der Waals surface area contributed by atoms with Gasteiger partial charge < -0.3 is 0 Å². The number of hydrogen-bond donors (Lipinski definition) is 0. The summed E-state index contributed by atoms with van der Waals surface area (Å²) in [4.78, 5) is 14.4. The highest BCUT2D eigenvalue weighted by Gasteiger charge is 2.23. The van der Waals surface area contributed by atoms with Crippen molar-refractivity contribution in [3.63, 3.8) is 0 Å². The van der Waals surface area contributed by atoms with E-state index >= 15 is 0 Å². The zero-order valence-electron chi connectivity index (χ0n) is 20.4. The fourth-order valence-corrected chi connectivity index (χ4v) is 5.65. The second kappa shape index (κ2) is 8.82. The van der Waals surface area contributed by atoms with Crippen LogP contribution in [0.1, 0.15) is 0 Å². The van der Waals surface area contributed by atoms with Crippen LogP contribution in [-0.2, 0) is 0 Å². The summed E-state index contributed by atoms with van der Waals surface area (Å²) in [6.07, 6.45) is 0. The van der Waals surface area contributed by atoms with E-state index in [1.54, 1.807) is 6.07 Å². The molecule has 180 valence electrons. The Morgan fingerprint density at radius 3 is 1.63 bits per heavy atom. The molecule has 0 saturated heterocycles. The number of halogens is 1. The van der Waals surface area contributed by atoms with Crippen LogP contribution in [0.3, 0.4) is 0 Å². The van der Waals surface area contributed by atoms with E-state index in [9.17, 15) is 9.18 Å². The molecule has 0 fully saturated rings. The van der Waals surface area contributed by atoms with E-state index in [0.717, 1.165) is 49.8 Å². The molecule has 0 aliphatic heterocycles. The zero-order valence-corrected chi connectivity index (χ0v) is 20.4. The third-order valence-electron chi connectivity index (χ3n) is 7.23. The molecule has 0 saturated carbocycles. The Hall–Kier alpha value is -5.02. The number of pyridine rings is 2. The van der Waals surface area contributed by atoms with E-state index in [-0.39, 0.29) is 11.4 Å². The van der Waals surface area contributed by atoms with Crippen molar-refractivity contribution >= 4 is 27.1 Å². The Morgan fingerprint density at radius 1 is 0.474 bits per heavy atom. The van der Waals surface area contributed by atoms with Crippen LogP contribution in [0.15, 0.2) is 138 Å². The summed E-state index contributed by atoms with van der Waals surface area (Å²) in [7, 11) is 0. The molecule has 2 nitrogen and oxygen atoms in total. The molecule has 2 heterocycles. The lowest BCUT2D eigenvalue weighted by Crippen LogP contribution is -2.18. The molecule has 0 aliphatic rings. The van der Waals surface area contributed by atoms with Gasteiger partial charge in [-0.15, -0.1) is 0 Å². The average molecular weight is 492 g/mol. The van der Waals surface area contributed by atoms with Crippen molar-refractivity contribution in [3.8, 4) is 33.5 Å². The van der Waals surface area contributed by atoms with Crippen molar-refractivity contribution in [1.82, 2.24) is 4.40 Å². The summed E-state index contributed by atoms with van der Waals surface area (Å²) in [5.74, 6) is -0.369. The van der Waals surface area contributed by atoms with E-state index < -0.39 is 0 Å². The van der Waals surface area contributed by atoms with E-state index in [2.05, 4.69) is 24.3 Å². The van der Waals surface area contributed by atoms with Crippen LogP contribution in [0.2, 0.25) is 0 Å². The molecule has 7 aromatic rings. The van der Waals surface area contributed by atoms with Gasteiger partial charge in [0.1, 0.15) is 5.82 Å². The lowest BCUT2D eigenvalue weighted by molar-refractivity contribution is 0.629. The molecule has 0 atom stereocenters. The second-order valence-electron chi connectivity index (χ2n) is 9.42. The first-order chi connectivity index (χ1) is 18.7. The number of hydrogen-bond acceptors (Lipinski definition) is 1. The normalized spacial score (nSPS) is 11.4. The van der Waals surface area contributed by atoms with Crippen molar-refractivity contribution in [2.75, 3.05) is 0 Å². The Morgan fingerprint density at radius 2 is 1.00 bits per heavy atom. The molecule has 0 radical (unpaired) electrons. The van der Waals surface area contributed by atoms with Crippen LogP contribution in [0, 0.1) is 5.82 Å². The maximum atomic E-state index is 14.7.